The number of carbonyl (C=O) groups excluding carboxylic acids is 1. The summed E-state index contributed by atoms with van der Waals surface area (Å²) in [6.45, 7) is 14.7. The number of aromatic nitrogens is 2. The van der Waals surface area contributed by atoms with Crippen molar-refractivity contribution < 1.29 is 9.32 Å². The van der Waals surface area contributed by atoms with Crippen LogP contribution >= 0.6 is 0 Å². The number of rotatable bonds is 8. The minimum absolute atomic E-state index is 0.0193. The molecule has 0 atom stereocenters. The molecule has 2 rings (SSSR count). The molecule has 0 saturated carbocycles. The summed E-state index contributed by atoms with van der Waals surface area (Å²) in [6.07, 6.45) is 1.58. The number of amides is 1. The average Bonchev–Trinajstić information content (AvgIpc) is 2.94. The van der Waals surface area contributed by atoms with E-state index in [-0.39, 0.29) is 5.91 Å². The molecule has 132 valence electrons. The van der Waals surface area contributed by atoms with Crippen LogP contribution in [-0.4, -0.2) is 58.6 Å². The summed E-state index contributed by atoms with van der Waals surface area (Å²) in [5, 5.41) is 4.70. The standard InChI is InChI=1S/C18H28N4O2/c1-6-21(7-2)8-9-22(12-13(3)4)18(23)15-10-16-14(5)20-24-17(16)19-11-15/h10-11,13H,6-9,12H2,1-5H3. The van der Waals surface area contributed by atoms with Crippen molar-refractivity contribution in [2.45, 2.75) is 34.6 Å². The highest BCUT2D eigenvalue weighted by molar-refractivity contribution is 5.97. The van der Waals surface area contributed by atoms with E-state index in [2.05, 4.69) is 42.7 Å². The Morgan fingerprint density at radius 1 is 1.25 bits per heavy atom. The SMILES string of the molecule is CCN(CC)CCN(CC(C)C)C(=O)c1cnc2onc(C)c2c1. The Kier molecular flexibility index (Phi) is 6.31. The largest absolute Gasteiger partial charge is 0.337 e. The zero-order valence-corrected chi connectivity index (χ0v) is 15.4. The van der Waals surface area contributed by atoms with Crippen LogP contribution in [0.25, 0.3) is 11.1 Å². The van der Waals surface area contributed by atoms with Crippen LogP contribution in [0.5, 0.6) is 0 Å². The van der Waals surface area contributed by atoms with Crippen molar-refractivity contribution in [1.82, 2.24) is 19.9 Å². The van der Waals surface area contributed by atoms with Crippen LogP contribution in [-0.2, 0) is 0 Å². The molecule has 0 aliphatic heterocycles. The highest BCUT2D eigenvalue weighted by atomic mass is 16.5. The predicted molar refractivity (Wildman–Crippen MR) is 95.1 cm³/mol. The number of fused-ring (bicyclic) bond motifs is 1. The van der Waals surface area contributed by atoms with Gasteiger partial charge in [-0.05, 0) is 32.0 Å². The van der Waals surface area contributed by atoms with Crippen LogP contribution < -0.4 is 0 Å². The first-order valence-electron chi connectivity index (χ1n) is 8.69. The maximum absolute atomic E-state index is 13.0. The fraction of sp³-hybridized carbons (Fsp3) is 0.611. The molecule has 0 saturated heterocycles. The van der Waals surface area contributed by atoms with Crippen molar-refractivity contribution in [3.63, 3.8) is 0 Å². The lowest BCUT2D eigenvalue weighted by atomic mass is 10.1. The second-order valence-corrected chi connectivity index (χ2v) is 6.52. The second-order valence-electron chi connectivity index (χ2n) is 6.52. The van der Waals surface area contributed by atoms with Gasteiger partial charge in [-0.1, -0.05) is 32.9 Å². The second kappa shape index (κ2) is 8.24. The third kappa shape index (κ3) is 4.32. The quantitative estimate of drug-likeness (QED) is 0.744. The molecule has 2 aromatic heterocycles. The van der Waals surface area contributed by atoms with Gasteiger partial charge in [-0.25, -0.2) is 4.98 Å². The first kappa shape index (κ1) is 18.4. The lowest BCUT2D eigenvalue weighted by Gasteiger charge is -2.28. The van der Waals surface area contributed by atoms with E-state index in [1.807, 2.05) is 17.9 Å². The monoisotopic (exact) mass is 332 g/mol. The zero-order valence-electron chi connectivity index (χ0n) is 15.4. The van der Waals surface area contributed by atoms with Crippen molar-refractivity contribution >= 4 is 17.0 Å². The third-order valence-corrected chi connectivity index (χ3v) is 4.21. The van der Waals surface area contributed by atoms with E-state index in [1.54, 1.807) is 6.20 Å². The number of nitrogens with zero attached hydrogens (tertiary/aromatic N) is 4. The Hall–Kier alpha value is -1.95. The van der Waals surface area contributed by atoms with Crippen LogP contribution in [0.2, 0.25) is 0 Å². The number of aryl methyl sites for hydroxylation is 1. The Bertz CT molecular complexity index is 677. The van der Waals surface area contributed by atoms with Crippen molar-refractivity contribution in [2.75, 3.05) is 32.7 Å². The fourth-order valence-corrected chi connectivity index (χ4v) is 2.76. The molecule has 0 aliphatic carbocycles. The van der Waals surface area contributed by atoms with Crippen molar-refractivity contribution in [2.24, 2.45) is 5.92 Å². The first-order valence-corrected chi connectivity index (χ1v) is 8.69. The average molecular weight is 332 g/mol. The molecule has 0 unspecified atom stereocenters. The summed E-state index contributed by atoms with van der Waals surface area (Å²) in [4.78, 5) is 21.4. The van der Waals surface area contributed by atoms with Gasteiger partial charge in [-0.2, -0.15) is 0 Å². The molecule has 6 nitrogen and oxygen atoms in total. The summed E-state index contributed by atoms with van der Waals surface area (Å²) in [5.74, 6) is 0.436. The molecule has 1 amide bonds. The van der Waals surface area contributed by atoms with Gasteiger partial charge in [0.2, 0.25) is 0 Å². The lowest BCUT2D eigenvalue weighted by Crippen LogP contribution is -2.40. The Morgan fingerprint density at radius 2 is 1.96 bits per heavy atom. The van der Waals surface area contributed by atoms with Gasteiger partial charge in [0.25, 0.3) is 11.6 Å². The van der Waals surface area contributed by atoms with Gasteiger partial charge in [-0.3, -0.25) is 4.79 Å². The minimum Gasteiger partial charge on any atom is -0.337 e. The molecule has 6 heteroatoms. The summed E-state index contributed by atoms with van der Waals surface area (Å²) in [6, 6.07) is 1.83. The summed E-state index contributed by atoms with van der Waals surface area (Å²) in [5.41, 5.74) is 1.82. The van der Waals surface area contributed by atoms with Crippen molar-refractivity contribution in [3.05, 3.63) is 23.5 Å². The van der Waals surface area contributed by atoms with Gasteiger partial charge in [0.15, 0.2) is 0 Å². The summed E-state index contributed by atoms with van der Waals surface area (Å²) >= 11 is 0. The van der Waals surface area contributed by atoms with E-state index in [0.717, 1.165) is 43.8 Å². The lowest BCUT2D eigenvalue weighted by molar-refractivity contribution is 0.0716. The maximum Gasteiger partial charge on any atom is 0.257 e. The van der Waals surface area contributed by atoms with Crippen LogP contribution in [0.3, 0.4) is 0 Å². The molecule has 0 N–H and O–H groups in total. The van der Waals surface area contributed by atoms with E-state index < -0.39 is 0 Å². The number of hydrogen-bond acceptors (Lipinski definition) is 5. The molecule has 0 aromatic carbocycles. The van der Waals surface area contributed by atoms with E-state index in [4.69, 9.17) is 4.52 Å². The maximum atomic E-state index is 13.0. The van der Waals surface area contributed by atoms with Gasteiger partial charge >= 0.3 is 0 Å². The highest BCUT2D eigenvalue weighted by Crippen LogP contribution is 2.18. The molecule has 2 aromatic rings. The van der Waals surface area contributed by atoms with Gasteiger partial charge in [-0.15, -0.1) is 0 Å². The minimum atomic E-state index is 0.0193. The third-order valence-electron chi connectivity index (χ3n) is 4.21. The van der Waals surface area contributed by atoms with E-state index in [0.29, 0.717) is 17.2 Å². The van der Waals surface area contributed by atoms with E-state index in [9.17, 15) is 4.79 Å². The first-order chi connectivity index (χ1) is 11.5. The Labute approximate surface area is 143 Å². The number of pyridine rings is 1. The molecule has 0 bridgehead atoms. The van der Waals surface area contributed by atoms with Crippen molar-refractivity contribution in [3.8, 4) is 0 Å². The number of hydrogen-bond donors (Lipinski definition) is 0. The Balaban J connectivity index is 2.19. The van der Waals surface area contributed by atoms with Gasteiger partial charge in [0, 0.05) is 25.8 Å². The molecule has 0 aliphatic rings. The van der Waals surface area contributed by atoms with Gasteiger partial charge in [0.05, 0.1) is 16.6 Å². The fourth-order valence-electron chi connectivity index (χ4n) is 2.76. The van der Waals surface area contributed by atoms with E-state index in [1.165, 1.54) is 0 Å². The molecular formula is C18H28N4O2. The highest BCUT2D eigenvalue weighted by Gasteiger charge is 2.19. The Morgan fingerprint density at radius 3 is 2.58 bits per heavy atom. The van der Waals surface area contributed by atoms with Crippen LogP contribution in [0.4, 0.5) is 0 Å². The molecule has 0 fully saturated rings. The normalized spacial score (nSPS) is 11.6. The summed E-state index contributed by atoms with van der Waals surface area (Å²) in [7, 11) is 0. The molecule has 0 spiro atoms. The van der Waals surface area contributed by atoms with E-state index >= 15 is 0 Å². The number of carbonyl (C=O) groups is 1. The molecule has 2 heterocycles. The predicted octanol–water partition coefficient (Wildman–Crippen LogP) is 2.97. The smallest absolute Gasteiger partial charge is 0.257 e. The van der Waals surface area contributed by atoms with Crippen LogP contribution in [0.1, 0.15) is 43.7 Å². The zero-order chi connectivity index (χ0) is 17.7. The summed E-state index contributed by atoms with van der Waals surface area (Å²) < 4.78 is 5.12. The number of likely N-dealkylation sites (N-methyl/N-ethyl adjacent to an activating group) is 1. The van der Waals surface area contributed by atoms with Crippen LogP contribution in [0.15, 0.2) is 16.8 Å². The van der Waals surface area contributed by atoms with Crippen molar-refractivity contribution in [1.29, 1.82) is 0 Å². The topological polar surface area (TPSA) is 62.5 Å². The van der Waals surface area contributed by atoms with Gasteiger partial charge in [0.1, 0.15) is 0 Å². The molecule has 0 radical (unpaired) electrons. The molecular weight excluding hydrogens is 304 g/mol. The van der Waals surface area contributed by atoms with Crippen LogP contribution in [0, 0.1) is 12.8 Å². The molecule has 24 heavy (non-hydrogen) atoms. The van der Waals surface area contributed by atoms with Gasteiger partial charge < -0.3 is 14.3 Å².